The van der Waals surface area contributed by atoms with Gasteiger partial charge in [-0.25, -0.2) is 14.5 Å². The van der Waals surface area contributed by atoms with E-state index in [2.05, 4.69) is 0 Å². The maximum atomic E-state index is 12.4. The average Bonchev–Trinajstić information content (AvgIpc) is 2.33. The van der Waals surface area contributed by atoms with Crippen molar-refractivity contribution in [1.82, 2.24) is 4.90 Å². The summed E-state index contributed by atoms with van der Waals surface area (Å²) in [5, 5.41) is 0.463. The van der Waals surface area contributed by atoms with Crippen LogP contribution in [0.4, 0.5) is 9.59 Å². The molecule has 6 heteroatoms. The van der Waals surface area contributed by atoms with E-state index >= 15 is 0 Å². The van der Waals surface area contributed by atoms with E-state index in [1.165, 1.54) is 0 Å². The summed E-state index contributed by atoms with van der Waals surface area (Å²) in [6, 6.07) is 6.99. The number of benzene rings is 1. The molecule has 0 N–H and O–H groups in total. The number of nitrogens with zero attached hydrogens (tertiary/aromatic N) is 1. The molecule has 0 aliphatic heterocycles. The maximum Gasteiger partial charge on any atom is 0.420 e. The first-order valence-electron chi connectivity index (χ1n) is 7.36. The number of carbonyl (C=O) groups excluding carboxylic acids is 2. The molecule has 0 spiro atoms. The standard InChI is InChI=1S/C17H24ClNO4/c1-16(2,3)22-14(20)19(15(21)23-17(4,5)6)11-12-9-7-8-10-13(12)18/h7-10H,11H2,1-6H3. The summed E-state index contributed by atoms with van der Waals surface area (Å²) < 4.78 is 10.6. The van der Waals surface area contributed by atoms with Gasteiger partial charge in [0.15, 0.2) is 0 Å². The van der Waals surface area contributed by atoms with Crippen LogP contribution in [0, 0.1) is 0 Å². The van der Waals surface area contributed by atoms with Crippen LogP contribution in [0.1, 0.15) is 47.1 Å². The Kier molecular flexibility index (Phi) is 6.05. The fourth-order valence-electron chi connectivity index (χ4n) is 1.63. The van der Waals surface area contributed by atoms with Gasteiger partial charge in [0.2, 0.25) is 0 Å². The highest BCUT2D eigenvalue weighted by Gasteiger charge is 2.31. The second-order valence-corrected chi connectivity index (χ2v) is 7.55. The smallest absolute Gasteiger partial charge is 0.420 e. The number of imide groups is 1. The molecule has 0 aromatic heterocycles. The van der Waals surface area contributed by atoms with Crippen molar-refractivity contribution in [2.24, 2.45) is 0 Å². The molecule has 0 radical (unpaired) electrons. The summed E-state index contributed by atoms with van der Waals surface area (Å²) in [5.41, 5.74) is -0.818. The Bertz CT molecular complexity index is 545. The third-order valence-electron chi connectivity index (χ3n) is 2.51. The van der Waals surface area contributed by atoms with Gasteiger partial charge in [0.05, 0.1) is 6.54 Å². The van der Waals surface area contributed by atoms with E-state index in [4.69, 9.17) is 21.1 Å². The van der Waals surface area contributed by atoms with Gasteiger partial charge in [-0.15, -0.1) is 0 Å². The van der Waals surface area contributed by atoms with Crippen LogP contribution in [0.3, 0.4) is 0 Å². The minimum Gasteiger partial charge on any atom is -0.443 e. The molecule has 1 aromatic carbocycles. The zero-order valence-electron chi connectivity index (χ0n) is 14.5. The lowest BCUT2D eigenvalue weighted by molar-refractivity contribution is -0.000233. The number of ether oxygens (including phenoxy) is 2. The van der Waals surface area contributed by atoms with E-state index < -0.39 is 23.4 Å². The quantitative estimate of drug-likeness (QED) is 0.758. The maximum absolute atomic E-state index is 12.4. The third kappa shape index (κ3) is 6.91. The largest absolute Gasteiger partial charge is 0.443 e. The summed E-state index contributed by atoms with van der Waals surface area (Å²) in [5.74, 6) is 0. The molecule has 1 aromatic rings. The molecule has 0 heterocycles. The van der Waals surface area contributed by atoms with Crippen molar-refractivity contribution in [3.63, 3.8) is 0 Å². The zero-order valence-corrected chi connectivity index (χ0v) is 15.2. The molecule has 0 atom stereocenters. The molecule has 2 amide bonds. The van der Waals surface area contributed by atoms with Crippen LogP contribution in [0.15, 0.2) is 24.3 Å². The van der Waals surface area contributed by atoms with Crippen molar-refractivity contribution in [2.45, 2.75) is 59.3 Å². The molecule has 1 rings (SSSR count). The van der Waals surface area contributed by atoms with Crippen LogP contribution in [0.5, 0.6) is 0 Å². The monoisotopic (exact) mass is 341 g/mol. The minimum atomic E-state index is -0.772. The molecule has 128 valence electrons. The first-order chi connectivity index (χ1) is 10.4. The molecule has 0 aliphatic carbocycles. The van der Waals surface area contributed by atoms with Gasteiger partial charge in [0, 0.05) is 5.02 Å². The second-order valence-electron chi connectivity index (χ2n) is 7.14. The van der Waals surface area contributed by atoms with Crippen molar-refractivity contribution in [2.75, 3.05) is 0 Å². The third-order valence-corrected chi connectivity index (χ3v) is 2.88. The molecular weight excluding hydrogens is 318 g/mol. The van der Waals surface area contributed by atoms with Crippen LogP contribution < -0.4 is 0 Å². The second kappa shape index (κ2) is 7.21. The van der Waals surface area contributed by atoms with E-state index in [0.717, 1.165) is 4.90 Å². The fraction of sp³-hybridized carbons (Fsp3) is 0.529. The molecule has 0 fully saturated rings. The SMILES string of the molecule is CC(C)(C)OC(=O)N(Cc1ccccc1Cl)C(=O)OC(C)(C)C. The fourth-order valence-corrected chi connectivity index (χ4v) is 1.83. The molecule has 0 saturated heterocycles. The Labute approximate surface area is 142 Å². The highest BCUT2D eigenvalue weighted by Crippen LogP contribution is 2.21. The van der Waals surface area contributed by atoms with Gasteiger partial charge in [0.25, 0.3) is 0 Å². The summed E-state index contributed by atoms with van der Waals surface area (Å²) in [4.78, 5) is 25.6. The van der Waals surface area contributed by atoms with Crippen molar-refractivity contribution >= 4 is 23.8 Å². The zero-order chi connectivity index (χ0) is 17.8. The van der Waals surface area contributed by atoms with Gasteiger partial charge in [0.1, 0.15) is 11.2 Å². The summed E-state index contributed by atoms with van der Waals surface area (Å²) in [6.45, 7) is 10.4. The lowest BCUT2D eigenvalue weighted by Crippen LogP contribution is -2.43. The first-order valence-corrected chi connectivity index (χ1v) is 7.74. The molecular formula is C17H24ClNO4. The molecule has 5 nitrogen and oxygen atoms in total. The summed E-state index contributed by atoms with van der Waals surface area (Å²) >= 11 is 6.11. The molecule has 23 heavy (non-hydrogen) atoms. The van der Waals surface area contributed by atoms with Crippen molar-refractivity contribution in [1.29, 1.82) is 0 Å². The van der Waals surface area contributed by atoms with Gasteiger partial charge < -0.3 is 9.47 Å². The van der Waals surface area contributed by atoms with E-state index in [1.54, 1.807) is 65.8 Å². The Balaban J connectivity index is 3.03. The van der Waals surface area contributed by atoms with E-state index in [-0.39, 0.29) is 6.54 Å². The van der Waals surface area contributed by atoms with Crippen molar-refractivity contribution < 1.29 is 19.1 Å². The molecule has 0 bridgehead atoms. The van der Waals surface area contributed by atoms with E-state index in [0.29, 0.717) is 10.6 Å². The Hall–Kier alpha value is -1.75. The molecule has 0 saturated carbocycles. The highest BCUT2D eigenvalue weighted by atomic mass is 35.5. The van der Waals surface area contributed by atoms with Gasteiger partial charge in [-0.1, -0.05) is 29.8 Å². The van der Waals surface area contributed by atoms with Crippen LogP contribution in [-0.2, 0) is 16.0 Å². The summed E-state index contributed by atoms with van der Waals surface area (Å²) in [6.07, 6.45) is -1.54. The number of rotatable bonds is 2. The Morgan fingerprint density at radius 3 is 1.78 bits per heavy atom. The number of hydrogen-bond donors (Lipinski definition) is 0. The van der Waals surface area contributed by atoms with E-state index in [1.807, 2.05) is 0 Å². The van der Waals surface area contributed by atoms with E-state index in [9.17, 15) is 9.59 Å². The number of amides is 2. The van der Waals surface area contributed by atoms with Gasteiger partial charge in [-0.3, -0.25) is 0 Å². The van der Waals surface area contributed by atoms with Gasteiger partial charge in [-0.05, 0) is 53.2 Å². The Morgan fingerprint density at radius 1 is 0.957 bits per heavy atom. The topological polar surface area (TPSA) is 55.8 Å². The van der Waals surface area contributed by atoms with Crippen molar-refractivity contribution in [3.8, 4) is 0 Å². The normalized spacial score (nSPS) is 11.8. The lowest BCUT2D eigenvalue weighted by atomic mass is 10.2. The van der Waals surface area contributed by atoms with Gasteiger partial charge in [-0.2, -0.15) is 0 Å². The van der Waals surface area contributed by atoms with Crippen LogP contribution in [0.2, 0.25) is 5.02 Å². The van der Waals surface area contributed by atoms with Crippen LogP contribution in [0.25, 0.3) is 0 Å². The average molecular weight is 342 g/mol. The minimum absolute atomic E-state index is 0.0243. The van der Waals surface area contributed by atoms with Crippen LogP contribution >= 0.6 is 11.6 Å². The Morgan fingerprint density at radius 2 is 1.39 bits per heavy atom. The number of hydrogen-bond acceptors (Lipinski definition) is 4. The van der Waals surface area contributed by atoms with Crippen molar-refractivity contribution in [3.05, 3.63) is 34.9 Å². The van der Waals surface area contributed by atoms with Crippen LogP contribution in [-0.4, -0.2) is 28.3 Å². The predicted molar refractivity (Wildman–Crippen MR) is 89.5 cm³/mol. The molecule has 0 aliphatic rings. The predicted octanol–water partition coefficient (Wildman–Crippen LogP) is 5.01. The summed E-state index contributed by atoms with van der Waals surface area (Å²) in [7, 11) is 0. The highest BCUT2D eigenvalue weighted by molar-refractivity contribution is 6.31. The first kappa shape index (κ1) is 19.3. The number of carbonyl (C=O) groups is 2. The lowest BCUT2D eigenvalue weighted by Gasteiger charge is -2.28. The van der Waals surface area contributed by atoms with Gasteiger partial charge >= 0.3 is 12.2 Å². The number of halogens is 1. The molecule has 0 unspecified atom stereocenters.